The summed E-state index contributed by atoms with van der Waals surface area (Å²) in [6.07, 6.45) is 5.07. The van der Waals surface area contributed by atoms with Gasteiger partial charge in [-0.3, -0.25) is 4.72 Å². The summed E-state index contributed by atoms with van der Waals surface area (Å²) >= 11 is 0. The molecule has 1 aliphatic heterocycles. The van der Waals surface area contributed by atoms with Crippen LogP contribution in [0, 0.1) is 0 Å². The normalized spacial score (nSPS) is 17.5. The summed E-state index contributed by atoms with van der Waals surface area (Å²) in [6.45, 7) is 11.8. The molecule has 7 heteroatoms. The van der Waals surface area contributed by atoms with Crippen LogP contribution in [0.2, 0.25) is 0 Å². The topological polar surface area (TPSA) is 81.7 Å². The number of benzene rings is 2. The fraction of sp³-hybridized carbons (Fsp3) is 0.346. The third-order valence-electron chi connectivity index (χ3n) is 5.16. The molecule has 0 radical (unpaired) electrons. The van der Waals surface area contributed by atoms with E-state index in [4.69, 9.17) is 9.47 Å². The van der Waals surface area contributed by atoms with E-state index in [0.29, 0.717) is 11.4 Å². The number of carbonyl (C=O) groups is 1. The highest BCUT2D eigenvalue weighted by atomic mass is 32.2. The third-order valence-corrected chi connectivity index (χ3v) is 6.56. The van der Waals surface area contributed by atoms with Crippen LogP contribution in [0.1, 0.15) is 52.7 Å². The Balaban J connectivity index is 1.72. The average molecular weight is 470 g/mol. The van der Waals surface area contributed by atoms with E-state index in [9.17, 15) is 13.2 Å². The molecule has 0 spiro atoms. The number of nitrogens with one attached hydrogen (secondary N) is 1. The smallest absolute Gasteiger partial charge is 0.330 e. The van der Waals surface area contributed by atoms with Crippen LogP contribution in [0.15, 0.2) is 65.1 Å². The number of hydrogen-bond acceptors (Lipinski definition) is 5. The lowest BCUT2D eigenvalue weighted by molar-refractivity contribution is -0.141. The Morgan fingerprint density at radius 1 is 1.12 bits per heavy atom. The van der Waals surface area contributed by atoms with E-state index >= 15 is 0 Å². The largest absolute Gasteiger partial charge is 0.479 e. The van der Waals surface area contributed by atoms with Crippen LogP contribution in [-0.4, -0.2) is 26.6 Å². The van der Waals surface area contributed by atoms with Gasteiger partial charge in [-0.2, -0.15) is 0 Å². The standard InChI is InChI=1S/C26H31NO5S/c1-18(2)15-24(28)31-17-26(6)14-13-19-16-21(9-12-23(19)32-26)27-33(29,30)22-10-7-20(8-11-22)25(3,4)5/h7-16,27H,17H2,1-6H3. The molecule has 3 rings (SSSR count). The summed E-state index contributed by atoms with van der Waals surface area (Å²) in [4.78, 5) is 12.0. The van der Waals surface area contributed by atoms with E-state index in [2.05, 4.69) is 25.5 Å². The van der Waals surface area contributed by atoms with E-state index in [1.165, 1.54) is 6.08 Å². The first-order chi connectivity index (χ1) is 15.3. The quantitative estimate of drug-likeness (QED) is 0.449. The van der Waals surface area contributed by atoms with E-state index in [-0.39, 0.29) is 16.9 Å². The van der Waals surface area contributed by atoms with Gasteiger partial charge < -0.3 is 9.47 Å². The Labute approximate surface area is 196 Å². The van der Waals surface area contributed by atoms with Gasteiger partial charge in [-0.05, 0) is 68.2 Å². The number of rotatable bonds is 6. The van der Waals surface area contributed by atoms with Crippen LogP contribution in [-0.2, 0) is 25.0 Å². The lowest BCUT2D eigenvalue weighted by atomic mass is 9.87. The van der Waals surface area contributed by atoms with Gasteiger partial charge in [0.1, 0.15) is 12.4 Å². The van der Waals surface area contributed by atoms with Crippen LogP contribution in [0.5, 0.6) is 5.75 Å². The van der Waals surface area contributed by atoms with Crippen molar-refractivity contribution in [2.75, 3.05) is 11.3 Å². The highest BCUT2D eigenvalue weighted by Gasteiger charge is 2.29. The lowest BCUT2D eigenvalue weighted by Crippen LogP contribution is -2.38. The highest BCUT2D eigenvalue weighted by Crippen LogP contribution is 2.34. The Morgan fingerprint density at radius 2 is 1.79 bits per heavy atom. The molecule has 0 amide bonds. The fourth-order valence-corrected chi connectivity index (χ4v) is 4.35. The molecule has 6 nitrogen and oxygen atoms in total. The molecule has 176 valence electrons. The molecule has 1 unspecified atom stereocenters. The molecular formula is C26H31NO5S. The van der Waals surface area contributed by atoms with Crippen molar-refractivity contribution in [3.8, 4) is 5.75 Å². The maximum atomic E-state index is 12.8. The first kappa shape index (κ1) is 24.6. The summed E-state index contributed by atoms with van der Waals surface area (Å²) in [5, 5.41) is 0. The predicted molar refractivity (Wildman–Crippen MR) is 131 cm³/mol. The van der Waals surface area contributed by atoms with E-state index in [1.54, 1.807) is 36.4 Å². The third kappa shape index (κ3) is 6.26. The SMILES string of the molecule is CC(C)=CC(=O)OCC1(C)C=Cc2cc(NS(=O)(=O)c3ccc(C(C)(C)C)cc3)ccc2O1. The summed E-state index contributed by atoms with van der Waals surface area (Å²) in [5.74, 6) is 0.162. The average Bonchev–Trinajstić information content (AvgIpc) is 2.71. The Hall–Kier alpha value is -3.06. The van der Waals surface area contributed by atoms with Crippen LogP contribution in [0.4, 0.5) is 5.69 Å². The Kier molecular flexibility index (Phi) is 6.75. The van der Waals surface area contributed by atoms with Gasteiger partial charge in [-0.1, -0.05) is 44.6 Å². The molecule has 1 atom stereocenters. The zero-order chi connectivity index (χ0) is 24.4. The second-order valence-electron chi connectivity index (χ2n) is 9.71. The number of ether oxygens (including phenoxy) is 2. The number of esters is 1. The van der Waals surface area contributed by atoms with Crippen molar-refractivity contribution in [2.24, 2.45) is 0 Å². The van der Waals surface area contributed by atoms with Gasteiger partial charge in [0.2, 0.25) is 0 Å². The van der Waals surface area contributed by atoms with Crippen molar-refractivity contribution in [3.63, 3.8) is 0 Å². The maximum Gasteiger partial charge on any atom is 0.330 e. The molecule has 0 aliphatic carbocycles. The minimum atomic E-state index is -3.73. The Morgan fingerprint density at radius 3 is 2.39 bits per heavy atom. The lowest BCUT2D eigenvalue weighted by Gasteiger charge is -2.31. The second kappa shape index (κ2) is 9.06. The van der Waals surface area contributed by atoms with Crippen molar-refractivity contribution < 1.29 is 22.7 Å². The molecule has 1 aliphatic rings. The first-order valence-corrected chi connectivity index (χ1v) is 12.2. The zero-order valence-corrected chi connectivity index (χ0v) is 20.7. The summed E-state index contributed by atoms with van der Waals surface area (Å²) in [6, 6.07) is 12.0. The number of sulfonamides is 1. The molecule has 1 heterocycles. The van der Waals surface area contributed by atoms with Crippen LogP contribution >= 0.6 is 0 Å². The van der Waals surface area contributed by atoms with Crippen molar-refractivity contribution in [2.45, 2.75) is 57.5 Å². The molecule has 1 N–H and O–H groups in total. The summed E-state index contributed by atoms with van der Waals surface area (Å²) in [5.41, 5.74) is 2.21. The molecule has 0 aromatic heterocycles. The summed E-state index contributed by atoms with van der Waals surface area (Å²) in [7, 11) is -3.73. The van der Waals surface area contributed by atoms with Gasteiger partial charge in [0, 0.05) is 17.3 Å². The second-order valence-corrected chi connectivity index (χ2v) is 11.4. The summed E-state index contributed by atoms with van der Waals surface area (Å²) < 4.78 is 39.6. The molecule has 0 saturated heterocycles. The number of hydrogen-bond donors (Lipinski definition) is 1. The predicted octanol–water partition coefficient (Wildman–Crippen LogP) is 5.46. The fourth-order valence-electron chi connectivity index (χ4n) is 3.30. The van der Waals surface area contributed by atoms with E-state index in [1.807, 2.05) is 39.0 Å². The molecule has 0 saturated carbocycles. The zero-order valence-electron chi connectivity index (χ0n) is 19.9. The van der Waals surface area contributed by atoms with Gasteiger partial charge in [0.05, 0.1) is 4.90 Å². The van der Waals surface area contributed by atoms with Gasteiger partial charge >= 0.3 is 5.97 Å². The van der Waals surface area contributed by atoms with Crippen molar-refractivity contribution >= 4 is 27.8 Å². The first-order valence-electron chi connectivity index (χ1n) is 10.7. The number of carbonyl (C=O) groups excluding carboxylic acids is 1. The molecule has 0 bridgehead atoms. The van der Waals surface area contributed by atoms with Crippen molar-refractivity contribution in [1.82, 2.24) is 0 Å². The molecular weight excluding hydrogens is 438 g/mol. The minimum Gasteiger partial charge on any atom is -0.479 e. The van der Waals surface area contributed by atoms with Crippen LogP contribution < -0.4 is 9.46 Å². The van der Waals surface area contributed by atoms with E-state index in [0.717, 1.165) is 16.7 Å². The Bertz CT molecular complexity index is 1200. The minimum absolute atomic E-state index is 0.0565. The molecule has 33 heavy (non-hydrogen) atoms. The molecule has 0 fully saturated rings. The van der Waals surface area contributed by atoms with Gasteiger partial charge in [-0.15, -0.1) is 0 Å². The van der Waals surface area contributed by atoms with Gasteiger partial charge in [-0.25, -0.2) is 13.2 Å². The van der Waals surface area contributed by atoms with Gasteiger partial charge in [0.15, 0.2) is 5.60 Å². The van der Waals surface area contributed by atoms with Crippen molar-refractivity contribution in [1.29, 1.82) is 0 Å². The van der Waals surface area contributed by atoms with Crippen molar-refractivity contribution in [3.05, 3.63) is 71.3 Å². The van der Waals surface area contributed by atoms with Crippen LogP contribution in [0.25, 0.3) is 6.08 Å². The van der Waals surface area contributed by atoms with Crippen LogP contribution in [0.3, 0.4) is 0 Å². The number of fused-ring (bicyclic) bond motifs is 1. The van der Waals surface area contributed by atoms with E-state index < -0.39 is 21.6 Å². The highest BCUT2D eigenvalue weighted by molar-refractivity contribution is 7.92. The number of anilines is 1. The maximum absolute atomic E-state index is 12.8. The molecule has 2 aromatic rings. The number of allylic oxidation sites excluding steroid dienone is 1. The van der Waals surface area contributed by atoms with Gasteiger partial charge in [0.25, 0.3) is 10.0 Å². The molecule has 2 aromatic carbocycles. The monoisotopic (exact) mass is 469 g/mol.